The number of carbonyl (C=O) groups is 2. The smallest absolute Gasteiger partial charge is 0.187 e. The van der Waals surface area contributed by atoms with Crippen LogP contribution < -0.4 is 0 Å². The van der Waals surface area contributed by atoms with Crippen molar-refractivity contribution in [2.45, 2.75) is 111 Å². The van der Waals surface area contributed by atoms with Crippen molar-refractivity contribution in [2.24, 2.45) is 0 Å². The lowest BCUT2D eigenvalue weighted by Crippen LogP contribution is -2.65. The number of hydrogen-bond donors (Lipinski definition) is 8. The molecule has 14 atom stereocenters. The van der Waals surface area contributed by atoms with E-state index >= 15 is 0 Å². The van der Waals surface area contributed by atoms with Gasteiger partial charge in [-0.25, -0.2) is 0 Å². The lowest BCUT2D eigenvalue weighted by Gasteiger charge is -2.46. The predicted octanol–water partition coefficient (Wildman–Crippen LogP) is -4.02. The van der Waals surface area contributed by atoms with Crippen LogP contribution in [0.5, 0.6) is 0 Å². The zero-order chi connectivity index (χ0) is 34.5. The van der Waals surface area contributed by atoms with Gasteiger partial charge in [0.05, 0.1) is 38.6 Å². The second-order valence-corrected chi connectivity index (χ2v) is 12.2. The van der Waals surface area contributed by atoms with E-state index in [0.29, 0.717) is 0 Å². The van der Waals surface area contributed by atoms with E-state index < -0.39 is 98.0 Å². The summed E-state index contributed by atoms with van der Waals surface area (Å²) in [5.74, 6) is -0.429. The molecular weight excluding hydrogens is 632 g/mol. The minimum absolute atomic E-state index is 0.0386. The maximum atomic E-state index is 11.7. The number of allylic oxidation sites excluding steroid dienone is 2. The van der Waals surface area contributed by atoms with Gasteiger partial charge in [0.25, 0.3) is 0 Å². The molecule has 47 heavy (non-hydrogen) atoms. The maximum absolute atomic E-state index is 11.7. The highest BCUT2D eigenvalue weighted by Crippen LogP contribution is 2.33. The van der Waals surface area contributed by atoms with E-state index in [2.05, 4.69) is 0 Å². The molecule has 268 valence electrons. The van der Waals surface area contributed by atoms with Crippen LogP contribution in [0.15, 0.2) is 24.3 Å². The number of aliphatic hydroxyl groups is 8. The number of aliphatic hydroxyl groups excluding tert-OH is 6. The van der Waals surface area contributed by atoms with E-state index in [4.69, 9.17) is 33.2 Å². The van der Waals surface area contributed by atoms with Crippen molar-refractivity contribution in [1.82, 2.24) is 0 Å². The first-order valence-electron chi connectivity index (χ1n) is 15.4. The van der Waals surface area contributed by atoms with Crippen LogP contribution in [-0.4, -0.2) is 178 Å². The molecule has 0 bridgehead atoms. The average molecular weight is 679 g/mol. The third-order valence-electron chi connectivity index (χ3n) is 9.10. The lowest BCUT2D eigenvalue weighted by atomic mass is 9.85. The summed E-state index contributed by atoms with van der Waals surface area (Å²) >= 11 is 0. The van der Waals surface area contributed by atoms with Crippen molar-refractivity contribution in [3.8, 4) is 0 Å². The Labute approximate surface area is 270 Å². The summed E-state index contributed by atoms with van der Waals surface area (Å²) in [5.41, 5.74) is -3.08. The number of hydrogen-bond acceptors (Lipinski definition) is 17. The summed E-state index contributed by atoms with van der Waals surface area (Å²) in [6.45, 7) is -1.83. The SMILES string of the molecule is CO[C@H]1CC(=O)C=C[C@]1(O)CCO[C@@H]1O[C@H](CO)[C@@H](O[C@@H]2O[C@H](CO)[C@@H](OCC[C@@]3(O)C=CC(=O)C[C@@H]3OC)[C@H](O)[C@H]2O)[C@H](O)[C@H]1O. The third kappa shape index (κ3) is 8.51. The van der Waals surface area contributed by atoms with Crippen LogP contribution in [0.2, 0.25) is 0 Å². The van der Waals surface area contributed by atoms with Crippen molar-refractivity contribution < 1.29 is 83.6 Å². The molecule has 0 unspecified atom stereocenters. The van der Waals surface area contributed by atoms with E-state index in [-0.39, 0.29) is 50.5 Å². The molecule has 8 N–H and O–H groups in total. The molecule has 17 nitrogen and oxygen atoms in total. The average Bonchev–Trinajstić information content (AvgIpc) is 3.05. The molecular formula is C30H46O17. The van der Waals surface area contributed by atoms with Crippen molar-refractivity contribution in [3.05, 3.63) is 24.3 Å². The molecule has 4 rings (SSSR count). The molecule has 2 heterocycles. The maximum Gasteiger partial charge on any atom is 0.187 e. The van der Waals surface area contributed by atoms with E-state index in [0.717, 1.165) is 0 Å². The first-order chi connectivity index (χ1) is 22.3. The van der Waals surface area contributed by atoms with Crippen LogP contribution in [0.3, 0.4) is 0 Å². The van der Waals surface area contributed by atoms with Gasteiger partial charge in [0, 0.05) is 39.9 Å². The van der Waals surface area contributed by atoms with Gasteiger partial charge in [0.1, 0.15) is 60.0 Å². The topological polar surface area (TPSA) is 261 Å². The molecule has 0 spiro atoms. The Bertz CT molecular complexity index is 1110. The van der Waals surface area contributed by atoms with Crippen LogP contribution in [0, 0.1) is 0 Å². The van der Waals surface area contributed by atoms with Crippen molar-refractivity contribution >= 4 is 11.6 Å². The fraction of sp³-hybridized carbons (Fsp3) is 0.800. The molecule has 2 saturated heterocycles. The van der Waals surface area contributed by atoms with Crippen LogP contribution >= 0.6 is 0 Å². The van der Waals surface area contributed by atoms with Crippen molar-refractivity contribution in [1.29, 1.82) is 0 Å². The van der Waals surface area contributed by atoms with Gasteiger partial charge in [-0.2, -0.15) is 0 Å². The molecule has 0 aromatic heterocycles. The van der Waals surface area contributed by atoms with Gasteiger partial charge in [-0.3, -0.25) is 9.59 Å². The Morgan fingerprint density at radius 2 is 1.15 bits per heavy atom. The fourth-order valence-corrected chi connectivity index (χ4v) is 6.19. The summed E-state index contributed by atoms with van der Waals surface area (Å²) in [6, 6.07) is 0. The number of carbonyl (C=O) groups excluding carboxylic acids is 2. The summed E-state index contributed by atoms with van der Waals surface area (Å²) in [5, 5.41) is 85.2. The molecule has 4 aliphatic rings. The molecule has 0 aromatic carbocycles. The van der Waals surface area contributed by atoms with Gasteiger partial charge in [-0.1, -0.05) is 0 Å². The Hall–Kier alpha value is -1.78. The Morgan fingerprint density at radius 3 is 1.66 bits per heavy atom. The van der Waals surface area contributed by atoms with Gasteiger partial charge in [0.15, 0.2) is 24.1 Å². The third-order valence-corrected chi connectivity index (χ3v) is 9.10. The monoisotopic (exact) mass is 678 g/mol. The Kier molecular flexibility index (Phi) is 13.2. The summed E-state index contributed by atoms with van der Waals surface area (Å²) in [6.07, 6.45) is -12.3. The minimum Gasteiger partial charge on any atom is -0.394 e. The van der Waals surface area contributed by atoms with Crippen molar-refractivity contribution in [2.75, 3.05) is 40.6 Å². The van der Waals surface area contributed by atoms with Gasteiger partial charge >= 0.3 is 0 Å². The quantitative estimate of drug-likeness (QED) is 0.0870. The second-order valence-electron chi connectivity index (χ2n) is 12.2. The van der Waals surface area contributed by atoms with Crippen LogP contribution in [-0.2, 0) is 42.7 Å². The molecule has 0 radical (unpaired) electrons. The zero-order valence-electron chi connectivity index (χ0n) is 26.1. The van der Waals surface area contributed by atoms with Crippen LogP contribution in [0.1, 0.15) is 25.7 Å². The molecule has 17 heteroatoms. The summed E-state index contributed by atoms with van der Waals surface area (Å²) in [4.78, 5) is 23.4. The number of methoxy groups -OCH3 is 2. The van der Waals surface area contributed by atoms with Gasteiger partial charge in [-0.05, 0) is 24.3 Å². The van der Waals surface area contributed by atoms with E-state index in [9.17, 15) is 50.4 Å². The molecule has 0 saturated carbocycles. The highest BCUT2D eigenvalue weighted by Gasteiger charge is 2.52. The predicted molar refractivity (Wildman–Crippen MR) is 154 cm³/mol. The Balaban J connectivity index is 1.33. The number of ether oxygens (including phenoxy) is 7. The van der Waals surface area contributed by atoms with E-state index in [1.54, 1.807) is 0 Å². The highest BCUT2D eigenvalue weighted by molar-refractivity contribution is 5.91. The standard InChI is InChI=1S/C30H46O17/c1-41-19-11-15(33)3-5-29(19,39)7-9-43-25-17(13-31)46-28(24(38)21(25)35)47-26-18(14-32)45-27(23(37)22(26)36)44-10-8-30(40)6-4-16(34)12-20(30)42-2/h3-6,17-28,31-32,35-40H,7-14H2,1-2H3/t17-,18-,19+,20+,21-,22-,23-,24-,25-,26-,27-,28+,29+,30+/m1/s1. The van der Waals surface area contributed by atoms with Gasteiger partial charge in [0.2, 0.25) is 0 Å². The minimum atomic E-state index is -1.80. The highest BCUT2D eigenvalue weighted by atomic mass is 16.7. The largest absolute Gasteiger partial charge is 0.394 e. The molecule has 2 aliphatic carbocycles. The second kappa shape index (κ2) is 16.3. The summed E-state index contributed by atoms with van der Waals surface area (Å²) in [7, 11) is 2.70. The van der Waals surface area contributed by atoms with Crippen LogP contribution in [0.4, 0.5) is 0 Å². The van der Waals surface area contributed by atoms with Gasteiger partial charge < -0.3 is 74.0 Å². The first kappa shape index (κ1) is 38.0. The summed E-state index contributed by atoms with van der Waals surface area (Å²) < 4.78 is 38.7. The molecule has 0 amide bonds. The molecule has 2 aliphatic heterocycles. The molecule has 2 fully saturated rings. The normalized spacial score (nSPS) is 44.2. The van der Waals surface area contributed by atoms with E-state index in [1.807, 2.05) is 0 Å². The fourth-order valence-electron chi connectivity index (χ4n) is 6.19. The van der Waals surface area contributed by atoms with Gasteiger partial charge in [-0.15, -0.1) is 0 Å². The lowest BCUT2D eigenvalue weighted by molar-refractivity contribution is -0.362. The first-order valence-corrected chi connectivity index (χ1v) is 15.4. The van der Waals surface area contributed by atoms with Crippen molar-refractivity contribution in [3.63, 3.8) is 0 Å². The van der Waals surface area contributed by atoms with Crippen LogP contribution in [0.25, 0.3) is 0 Å². The van der Waals surface area contributed by atoms with E-state index in [1.165, 1.54) is 38.5 Å². The number of rotatable bonds is 14. The Morgan fingerprint density at radius 1 is 0.702 bits per heavy atom. The molecule has 0 aromatic rings. The zero-order valence-corrected chi connectivity index (χ0v) is 26.1. The number of ketones is 2.